The van der Waals surface area contributed by atoms with Gasteiger partial charge in [0.1, 0.15) is 11.4 Å². The van der Waals surface area contributed by atoms with Crippen LogP contribution in [0.1, 0.15) is 49.4 Å². The summed E-state index contributed by atoms with van der Waals surface area (Å²) in [5.74, 6) is 5.78. The largest absolute Gasteiger partial charge is 0.348 e. The van der Waals surface area contributed by atoms with Gasteiger partial charge in [0.05, 0.1) is 0 Å². The maximum Gasteiger partial charge on any atom is 0.270 e. The van der Waals surface area contributed by atoms with E-state index in [9.17, 15) is 4.79 Å². The van der Waals surface area contributed by atoms with E-state index < -0.39 is 0 Å². The van der Waals surface area contributed by atoms with Gasteiger partial charge < -0.3 is 5.32 Å². The van der Waals surface area contributed by atoms with E-state index in [-0.39, 0.29) is 17.4 Å². The number of pyridine rings is 2. The summed E-state index contributed by atoms with van der Waals surface area (Å²) in [6.45, 7) is 8.25. The molecule has 0 spiro atoms. The Morgan fingerprint density at radius 1 is 1.13 bits per heavy atom. The van der Waals surface area contributed by atoms with Gasteiger partial charge in [-0.3, -0.25) is 4.79 Å². The monoisotopic (exact) mass is 307 g/mol. The third-order valence-electron chi connectivity index (χ3n) is 3.64. The van der Waals surface area contributed by atoms with Gasteiger partial charge in [0.25, 0.3) is 5.91 Å². The van der Waals surface area contributed by atoms with E-state index >= 15 is 0 Å². The molecule has 2 aromatic heterocycles. The molecule has 0 radical (unpaired) electrons. The molecule has 23 heavy (non-hydrogen) atoms. The molecule has 0 aliphatic carbocycles. The van der Waals surface area contributed by atoms with Crippen LogP contribution in [0.3, 0.4) is 0 Å². The van der Waals surface area contributed by atoms with Gasteiger partial charge in [0.15, 0.2) is 0 Å². The molecule has 0 aromatic carbocycles. The summed E-state index contributed by atoms with van der Waals surface area (Å²) in [5.41, 5.74) is 1.85. The maximum atomic E-state index is 12.2. The summed E-state index contributed by atoms with van der Waals surface area (Å²) in [5, 5.41) is 2.97. The molecule has 1 N–H and O–H groups in total. The second-order valence-electron chi connectivity index (χ2n) is 6.46. The Labute approximate surface area is 137 Å². The van der Waals surface area contributed by atoms with E-state index in [4.69, 9.17) is 0 Å². The van der Waals surface area contributed by atoms with Crippen molar-refractivity contribution in [3.63, 3.8) is 0 Å². The van der Waals surface area contributed by atoms with E-state index in [0.29, 0.717) is 11.4 Å². The number of hydrogen-bond donors (Lipinski definition) is 1. The van der Waals surface area contributed by atoms with Crippen molar-refractivity contribution in [3.8, 4) is 11.8 Å². The first kappa shape index (κ1) is 16.7. The third kappa shape index (κ3) is 4.93. The van der Waals surface area contributed by atoms with E-state index in [1.165, 1.54) is 0 Å². The molecule has 0 aliphatic heterocycles. The first-order chi connectivity index (χ1) is 10.9. The molecule has 0 saturated carbocycles. The zero-order valence-electron chi connectivity index (χ0n) is 13.9. The van der Waals surface area contributed by atoms with Crippen molar-refractivity contribution < 1.29 is 4.79 Å². The lowest BCUT2D eigenvalue weighted by atomic mass is 9.88. The molecule has 118 valence electrons. The standard InChI is InChI=1S/C19H21N3O/c1-14(19(2,3)4)22-18(23)17-11-9-15(13-21-17)8-10-16-7-5-6-12-20-16/h5-7,9,11-14H,1-4H3,(H,22,23)/t14-/m1/s1. The Hall–Kier alpha value is -2.67. The fourth-order valence-corrected chi connectivity index (χ4v) is 1.66. The van der Waals surface area contributed by atoms with Gasteiger partial charge in [-0.1, -0.05) is 32.8 Å². The fourth-order valence-electron chi connectivity index (χ4n) is 1.66. The van der Waals surface area contributed by atoms with Gasteiger partial charge in [0.2, 0.25) is 0 Å². The van der Waals surface area contributed by atoms with Gasteiger partial charge in [0, 0.05) is 24.0 Å². The molecule has 1 amide bonds. The maximum absolute atomic E-state index is 12.2. The van der Waals surface area contributed by atoms with Crippen LogP contribution in [-0.2, 0) is 0 Å². The minimum Gasteiger partial charge on any atom is -0.348 e. The zero-order chi connectivity index (χ0) is 16.9. The number of aromatic nitrogens is 2. The second kappa shape index (κ2) is 7.06. The summed E-state index contributed by atoms with van der Waals surface area (Å²) < 4.78 is 0. The number of carbonyl (C=O) groups excluding carboxylic acids is 1. The van der Waals surface area contributed by atoms with Crippen LogP contribution in [0, 0.1) is 17.3 Å². The van der Waals surface area contributed by atoms with E-state index in [1.54, 1.807) is 24.5 Å². The van der Waals surface area contributed by atoms with Crippen molar-refractivity contribution in [2.45, 2.75) is 33.7 Å². The van der Waals surface area contributed by atoms with Crippen LogP contribution in [0.5, 0.6) is 0 Å². The zero-order valence-corrected chi connectivity index (χ0v) is 13.9. The number of rotatable bonds is 2. The Kier molecular flexibility index (Phi) is 5.13. The van der Waals surface area contributed by atoms with Gasteiger partial charge in [-0.15, -0.1) is 0 Å². The first-order valence-corrected chi connectivity index (χ1v) is 7.56. The predicted molar refractivity (Wildman–Crippen MR) is 90.8 cm³/mol. The van der Waals surface area contributed by atoms with Gasteiger partial charge in [-0.25, -0.2) is 9.97 Å². The third-order valence-corrected chi connectivity index (χ3v) is 3.64. The molecule has 0 saturated heterocycles. The average Bonchev–Trinajstić information content (AvgIpc) is 2.53. The fraction of sp³-hybridized carbons (Fsp3) is 0.316. The predicted octanol–water partition coefficient (Wildman–Crippen LogP) is 3.04. The Morgan fingerprint density at radius 3 is 2.48 bits per heavy atom. The number of hydrogen-bond acceptors (Lipinski definition) is 3. The highest BCUT2D eigenvalue weighted by Gasteiger charge is 2.22. The van der Waals surface area contributed by atoms with Gasteiger partial charge >= 0.3 is 0 Å². The highest BCUT2D eigenvalue weighted by molar-refractivity contribution is 5.92. The number of nitrogens with one attached hydrogen (secondary N) is 1. The minimum absolute atomic E-state index is 0.00373. The van der Waals surface area contributed by atoms with Crippen LogP contribution in [0.2, 0.25) is 0 Å². The quantitative estimate of drug-likeness (QED) is 0.868. The summed E-state index contributed by atoms with van der Waals surface area (Å²) in [7, 11) is 0. The van der Waals surface area contributed by atoms with Crippen molar-refractivity contribution >= 4 is 5.91 Å². The van der Waals surface area contributed by atoms with Crippen molar-refractivity contribution in [1.82, 2.24) is 15.3 Å². The molecule has 2 rings (SSSR count). The summed E-state index contributed by atoms with van der Waals surface area (Å²) >= 11 is 0. The molecule has 0 fully saturated rings. The van der Waals surface area contributed by atoms with E-state index in [2.05, 4.69) is 47.9 Å². The Bertz CT molecular complexity index is 719. The van der Waals surface area contributed by atoms with Gasteiger partial charge in [-0.2, -0.15) is 0 Å². The van der Waals surface area contributed by atoms with Crippen LogP contribution < -0.4 is 5.32 Å². The van der Waals surface area contributed by atoms with Crippen molar-refractivity contribution in [2.24, 2.45) is 5.41 Å². The average molecular weight is 307 g/mol. The molecule has 2 aromatic rings. The topological polar surface area (TPSA) is 54.9 Å². The smallest absolute Gasteiger partial charge is 0.270 e. The van der Waals surface area contributed by atoms with Crippen LogP contribution in [0.4, 0.5) is 0 Å². The van der Waals surface area contributed by atoms with Crippen LogP contribution >= 0.6 is 0 Å². The van der Waals surface area contributed by atoms with Gasteiger partial charge in [-0.05, 0) is 42.5 Å². The molecule has 2 heterocycles. The highest BCUT2D eigenvalue weighted by Crippen LogP contribution is 2.18. The lowest BCUT2D eigenvalue weighted by molar-refractivity contribution is 0.0905. The molecule has 1 atom stereocenters. The normalized spacial score (nSPS) is 12.0. The van der Waals surface area contributed by atoms with Crippen LogP contribution in [-0.4, -0.2) is 21.9 Å². The first-order valence-electron chi connectivity index (χ1n) is 7.56. The summed E-state index contributed by atoms with van der Waals surface area (Å²) in [6, 6.07) is 9.11. The molecular weight excluding hydrogens is 286 g/mol. The van der Waals surface area contributed by atoms with E-state index in [1.807, 2.05) is 25.1 Å². The number of nitrogens with zero attached hydrogens (tertiary/aromatic N) is 2. The molecule has 4 heteroatoms. The molecule has 0 aliphatic rings. The lowest BCUT2D eigenvalue weighted by Crippen LogP contribution is -2.41. The number of amides is 1. The summed E-state index contributed by atoms with van der Waals surface area (Å²) in [4.78, 5) is 20.5. The van der Waals surface area contributed by atoms with Crippen molar-refractivity contribution in [1.29, 1.82) is 0 Å². The van der Waals surface area contributed by atoms with Crippen molar-refractivity contribution in [3.05, 3.63) is 59.7 Å². The second-order valence-corrected chi connectivity index (χ2v) is 6.46. The SMILES string of the molecule is C[C@@H](NC(=O)c1ccc(C#Cc2ccccn2)cn1)C(C)(C)C. The molecule has 4 nitrogen and oxygen atoms in total. The van der Waals surface area contributed by atoms with Crippen molar-refractivity contribution in [2.75, 3.05) is 0 Å². The summed E-state index contributed by atoms with van der Waals surface area (Å²) in [6.07, 6.45) is 3.30. The van der Waals surface area contributed by atoms with E-state index in [0.717, 1.165) is 5.56 Å². The molecule has 0 unspecified atom stereocenters. The molecule has 0 bridgehead atoms. The van der Waals surface area contributed by atoms with Crippen LogP contribution in [0.25, 0.3) is 0 Å². The highest BCUT2D eigenvalue weighted by atomic mass is 16.1. The lowest BCUT2D eigenvalue weighted by Gasteiger charge is -2.27. The Morgan fingerprint density at radius 2 is 1.91 bits per heavy atom. The molecular formula is C19H21N3O. The van der Waals surface area contributed by atoms with Crippen LogP contribution in [0.15, 0.2) is 42.7 Å². The minimum atomic E-state index is -0.170. The number of carbonyl (C=O) groups is 1. The Balaban J connectivity index is 2.05.